The largest absolute Gasteiger partial charge is 0.497 e. The predicted molar refractivity (Wildman–Crippen MR) is 79.7 cm³/mol. The lowest BCUT2D eigenvalue weighted by Crippen LogP contribution is -2.14. The van der Waals surface area contributed by atoms with Gasteiger partial charge in [-0.3, -0.25) is 4.79 Å². The molecule has 0 unspecified atom stereocenters. The van der Waals surface area contributed by atoms with Crippen molar-refractivity contribution >= 4 is 11.6 Å². The lowest BCUT2D eigenvalue weighted by atomic mass is 10.1. The number of nitrogens with one attached hydrogen (secondary N) is 1. The van der Waals surface area contributed by atoms with Crippen LogP contribution in [0.3, 0.4) is 0 Å². The van der Waals surface area contributed by atoms with Crippen molar-refractivity contribution < 1.29 is 9.53 Å². The molecule has 3 N–H and O–H groups in total. The average Bonchev–Trinajstić information content (AvgIpc) is 2.48. The van der Waals surface area contributed by atoms with E-state index in [0.717, 1.165) is 22.6 Å². The van der Waals surface area contributed by atoms with Gasteiger partial charge in [-0.25, -0.2) is 0 Å². The van der Waals surface area contributed by atoms with E-state index in [0.29, 0.717) is 13.0 Å². The van der Waals surface area contributed by atoms with Gasteiger partial charge in [-0.1, -0.05) is 24.3 Å². The Morgan fingerprint density at radius 2 is 1.90 bits per heavy atom. The molecule has 2 rings (SSSR count). The fourth-order valence-corrected chi connectivity index (χ4v) is 1.91. The van der Waals surface area contributed by atoms with Gasteiger partial charge in [0.2, 0.25) is 5.91 Å². The maximum absolute atomic E-state index is 12.0. The zero-order valence-electron chi connectivity index (χ0n) is 11.4. The van der Waals surface area contributed by atoms with Crippen LogP contribution in [0.1, 0.15) is 11.1 Å². The first-order chi connectivity index (χ1) is 9.71. The van der Waals surface area contributed by atoms with Gasteiger partial charge in [-0.05, 0) is 35.4 Å². The summed E-state index contributed by atoms with van der Waals surface area (Å²) in [7, 11) is 1.62. The molecule has 4 nitrogen and oxygen atoms in total. The van der Waals surface area contributed by atoms with Crippen LogP contribution in [0.5, 0.6) is 5.75 Å². The van der Waals surface area contributed by atoms with Crippen LogP contribution in [0.25, 0.3) is 0 Å². The highest BCUT2D eigenvalue weighted by Crippen LogP contribution is 2.13. The number of benzene rings is 2. The monoisotopic (exact) mass is 270 g/mol. The minimum absolute atomic E-state index is 0.0515. The number of carbonyl (C=O) groups is 1. The Labute approximate surface area is 118 Å². The van der Waals surface area contributed by atoms with E-state index in [4.69, 9.17) is 10.5 Å². The van der Waals surface area contributed by atoms with Crippen LogP contribution >= 0.6 is 0 Å². The molecular weight excluding hydrogens is 252 g/mol. The molecule has 2 aromatic carbocycles. The summed E-state index contributed by atoms with van der Waals surface area (Å²) >= 11 is 0. The molecule has 0 fully saturated rings. The number of hydrogen-bond acceptors (Lipinski definition) is 3. The van der Waals surface area contributed by atoms with Crippen LogP contribution < -0.4 is 15.8 Å². The zero-order valence-corrected chi connectivity index (χ0v) is 11.4. The Kier molecular flexibility index (Phi) is 4.74. The molecule has 0 aliphatic rings. The van der Waals surface area contributed by atoms with Gasteiger partial charge in [0.15, 0.2) is 0 Å². The molecule has 0 aromatic heterocycles. The summed E-state index contributed by atoms with van der Waals surface area (Å²) in [5.41, 5.74) is 8.28. The molecule has 0 aliphatic carbocycles. The third kappa shape index (κ3) is 3.83. The number of amides is 1. The van der Waals surface area contributed by atoms with E-state index in [2.05, 4.69) is 5.32 Å². The summed E-state index contributed by atoms with van der Waals surface area (Å²) in [4.78, 5) is 12.0. The maximum Gasteiger partial charge on any atom is 0.228 e. The Morgan fingerprint density at radius 3 is 2.55 bits per heavy atom. The quantitative estimate of drug-likeness (QED) is 0.876. The van der Waals surface area contributed by atoms with Crippen molar-refractivity contribution in [1.82, 2.24) is 0 Å². The first-order valence-corrected chi connectivity index (χ1v) is 6.43. The number of methoxy groups -OCH3 is 1. The van der Waals surface area contributed by atoms with E-state index in [1.807, 2.05) is 48.5 Å². The van der Waals surface area contributed by atoms with E-state index in [9.17, 15) is 4.79 Å². The molecule has 0 heterocycles. The summed E-state index contributed by atoms with van der Waals surface area (Å²) < 4.78 is 5.08. The second-order valence-corrected chi connectivity index (χ2v) is 4.48. The second-order valence-electron chi connectivity index (χ2n) is 4.48. The highest BCUT2D eigenvalue weighted by Gasteiger charge is 2.04. The maximum atomic E-state index is 12.0. The zero-order chi connectivity index (χ0) is 14.4. The van der Waals surface area contributed by atoms with Crippen molar-refractivity contribution in [2.24, 2.45) is 5.73 Å². The molecule has 4 heteroatoms. The lowest BCUT2D eigenvalue weighted by molar-refractivity contribution is -0.115. The number of ether oxygens (including phenoxy) is 1. The van der Waals surface area contributed by atoms with Crippen molar-refractivity contribution in [3.63, 3.8) is 0 Å². The molecular formula is C16H18N2O2. The van der Waals surface area contributed by atoms with Crippen LogP contribution in [0.2, 0.25) is 0 Å². The standard InChI is InChI=1S/C16H18N2O2/c1-20-15-7-5-12(6-8-15)10-16(19)18-14-4-2-3-13(9-14)11-17/h2-9H,10-11,17H2,1H3,(H,18,19). The number of nitrogens with two attached hydrogens (primary N) is 1. The molecule has 0 aliphatic heterocycles. The third-order valence-electron chi connectivity index (χ3n) is 2.97. The lowest BCUT2D eigenvalue weighted by Gasteiger charge is -2.07. The van der Waals surface area contributed by atoms with Crippen molar-refractivity contribution in [3.05, 3.63) is 59.7 Å². The van der Waals surface area contributed by atoms with Crippen LogP contribution in [-0.4, -0.2) is 13.0 Å². The fourth-order valence-electron chi connectivity index (χ4n) is 1.91. The van der Waals surface area contributed by atoms with Crippen molar-refractivity contribution in [2.75, 3.05) is 12.4 Å². The van der Waals surface area contributed by atoms with Gasteiger partial charge in [-0.2, -0.15) is 0 Å². The summed E-state index contributed by atoms with van der Waals surface area (Å²) in [6.45, 7) is 0.461. The Morgan fingerprint density at radius 1 is 1.15 bits per heavy atom. The molecule has 1 amide bonds. The van der Waals surface area contributed by atoms with Gasteiger partial charge in [-0.15, -0.1) is 0 Å². The SMILES string of the molecule is COc1ccc(CC(=O)Nc2cccc(CN)c2)cc1. The number of rotatable bonds is 5. The first kappa shape index (κ1) is 14.1. The Balaban J connectivity index is 1.97. The van der Waals surface area contributed by atoms with Gasteiger partial charge in [0.1, 0.15) is 5.75 Å². The Bertz CT molecular complexity index is 579. The third-order valence-corrected chi connectivity index (χ3v) is 2.97. The van der Waals surface area contributed by atoms with Crippen molar-refractivity contribution in [2.45, 2.75) is 13.0 Å². The molecule has 0 saturated carbocycles. The van der Waals surface area contributed by atoms with E-state index in [1.54, 1.807) is 7.11 Å². The van der Waals surface area contributed by atoms with Crippen molar-refractivity contribution in [1.29, 1.82) is 0 Å². The molecule has 0 radical (unpaired) electrons. The fraction of sp³-hybridized carbons (Fsp3) is 0.188. The highest BCUT2D eigenvalue weighted by molar-refractivity contribution is 5.92. The minimum Gasteiger partial charge on any atom is -0.497 e. The summed E-state index contributed by atoms with van der Waals surface area (Å²) in [5, 5.41) is 2.87. The number of hydrogen-bond donors (Lipinski definition) is 2. The van der Waals surface area contributed by atoms with Gasteiger partial charge >= 0.3 is 0 Å². The van der Waals surface area contributed by atoms with Gasteiger partial charge in [0.25, 0.3) is 0 Å². The first-order valence-electron chi connectivity index (χ1n) is 6.43. The average molecular weight is 270 g/mol. The Hall–Kier alpha value is -2.33. The van der Waals surface area contributed by atoms with Gasteiger partial charge in [0.05, 0.1) is 13.5 Å². The summed E-state index contributed by atoms with van der Waals surface area (Å²) in [6, 6.07) is 15.0. The van der Waals surface area contributed by atoms with E-state index < -0.39 is 0 Å². The van der Waals surface area contributed by atoms with Gasteiger partial charge < -0.3 is 15.8 Å². The molecule has 0 spiro atoms. The van der Waals surface area contributed by atoms with E-state index >= 15 is 0 Å². The van der Waals surface area contributed by atoms with E-state index in [1.165, 1.54) is 0 Å². The van der Waals surface area contributed by atoms with Crippen molar-refractivity contribution in [3.8, 4) is 5.75 Å². The molecule has 0 atom stereocenters. The van der Waals surface area contributed by atoms with Crippen LogP contribution in [-0.2, 0) is 17.8 Å². The summed E-state index contributed by atoms with van der Waals surface area (Å²) in [5.74, 6) is 0.731. The highest BCUT2D eigenvalue weighted by atomic mass is 16.5. The normalized spacial score (nSPS) is 10.1. The van der Waals surface area contributed by atoms with Crippen LogP contribution in [0.15, 0.2) is 48.5 Å². The topological polar surface area (TPSA) is 64.3 Å². The molecule has 2 aromatic rings. The molecule has 0 saturated heterocycles. The number of anilines is 1. The van der Waals surface area contributed by atoms with Crippen LogP contribution in [0.4, 0.5) is 5.69 Å². The van der Waals surface area contributed by atoms with Crippen LogP contribution in [0, 0.1) is 0 Å². The molecule has 0 bridgehead atoms. The molecule has 20 heavy (non-hydrogen) atoms. The minimum atomic E-state index is -0.0515. The molecule has 104 valence electrons. The summed E-state index contributed by atoms with van der Waals surface area (Å²) in [6.07, 6.45) is 0.330. The predicted octanol–water partition coefficient (Wildman–Crippen LogP) is 2.34. The second kappa shape index (κ2) is 6.73. The smallest absolute Gasteiger partial charge is 0.228 e. The number of carbonyl (C=O) groups excluding carboxylic acids is 1. The van der Waals surface area contributed by atoms with E-state index in [-0.39, 0.29) is 5.91 Å². The van der Waals surface area contributed by atoms with Gasteiger partial charge in [0, 0.05) is 12.2 Å².